The number of rotatable bonds is 9. The molecule has 2 aromatic rings. The number of hydrogen-bond donors (Lipinski definition) is 1. The highest BCUT2D eigenvalue weighted by Crippen LogP contribution is 2.19. The number of benzene rings is 1. The SMILES string of the molecule is CC(C)c1noc(CCCC(=O)NCc2ccc(CN3CCCC[C@H]3C)cc2)n1. The van der Waals surface area contributed by atoms with E-state index in [2.05, 4.69) is 51.5 Å². The minimum absolute atomic E-state index is 0.0554. The molecule has 3 rings (SSSR count). The highest BCUT2D eigenvalue weighted by atomic mass is 16.5. The van der Waals surface area contributed by atoms with Gasteiger partial charge in [-0.25, -0.2) is 0 Å². The average molecular weight is 399 g/mol. The Morgan fingerprint density at radius 2 is 2.00 bits per heavy atom. The average Bonchev–Trinajstić information content (AvgIpc) is 3.18. The van der Waals surface area contributed by atoms with Gasteiger partial charge in [0.25, 0.3) is 0 Å². The van der Waals surface area contributed by atoms with Gasteiger partial charge < -0.3 is 9.84 Å². The summed E-state index contributed by atoms with van der Waals surface area (Å²) in [5.41, 5.74) is 2.47. The third kappa shape index (κ3) is 6.67. The molecule has 0 saturated carbocycles. The monoisotopic (exact) mass is 398 g/mol. The van der Waals surface area contributed by atoms with Crippen LogP contribution in [0.15, 0.2) is 28.8 Å². The van der Waals surface area contributed by atoms with Crippen LogP contribution in [0.1, 0.15) is 81.6 Å². The number of nitrogens with zero attached hydrogens (tertiary/aromatic N) is 3. The summed E-state index contributed by atoms with van der Waals surface area (Å²) in [5.74, 6) is 1.65. The van der Waals surface area contributed by atoms with Crippen LogP contribution in [0.3, 0.4) is 0 Å². The van der Waals surface area contributed by atoms with Crippen molar-refractivity contribution in [2.45, 2.75) is 84.3 Å². The summed E-state index contributed by atoms with van der Waals surface area (Å²) in [7, 11) is 0. The normalized spacial score (nSPS) is 17.6. The lowest BCUT2D eigenvalue weighted by Crippen LogP contribution is -2.36. The third-order valence-corrected chi connectivity index (χ3v) is 5.63. The molecule has 1 aliphatic rings. The van der Waals surface area contributed by atoms with E-state index in [-0.39, 0.29) is 11.8 Å². The van der Waals surface area contributed by atoms with Gasteiger partial charge in [0.15, 0.2) is 5.82 Å². The van der Waals surface area contributed by atoms with Crippen LogP contribution in [0.2, 0.25) is 0 Å². The molecule has 0 spiro atoms. The second kappa shape index (κ2) is 10.5. The first-order valence-electron chi connectivity index (χ1n) is 10.9. The molecule has 1 aliphatic heterocycles. The smallest absolute Gasteiger partial charge is 0.226 e. The molecule has 2 heterocycles. The second-order valence-corrected chi connectivity index (χ2v) is 8.46. The van der Waals surface area contributed by atoms with E-state index in [0.717, 1.165) is 17.9 Å². The highest BCUT2D eigenvalue weighted by molar-refractivity contribution is 5.75. The molecule has 0 aliphatic carbocycles. The number of aryl methyl sites for hydroxylation is 1. The van der Waals surface area contributed by atoms with Crippen LogP contribution < -0.4 is 5.32 Å². The summed E-state index contributed by atoms with van der Waals surface area (Å²) >= 11 is 0. The summed E-state index contributed by atoms with van der Waals surface area (Å²) in [6, 6.07) is 9.29. The fourth-order valence-corrected chi connectivity index (χ4v) is 3.68. The molecule has 1 aromatic carbocycles. The fourth-order valence-electron chi connectivity index (χ4n) is 3.68. The first-order chi connectivity index (χ1) is 14.0. The molecule has 0 unspecified atom stereocenters. The number of likely N-dealkylation sites (tertiary alicyclic amines) is 1. The lowest BCUT2D eigenvalue weighted by atomic mass is 10.0. The molecule has 29 heavy (non-hydrogen) atoms. The fraction of sp³-hybridized carbons (Fsp3) is 0.609. The van der Waals surface area contributed by atoms with Crippen LogP contribution in [0.4, 0.5) is 0 Å². The quantitative estimate of drug-likeness (QED) is 0.685. The van der Waals surface area contributed by atoms with Crippen molar-refractivity contribution in [3.63, 3.8) is 0 Å². The van der Waals surface area contributed by atoms with E-state index in [0.29, 0.717) is 37.7 Å². The number of hydrogen-bond acceptors (Lipinski definition) is 5. The standard InChI is InChI=1S/C23H34N4O2/c1-17(2)23-25-22(29-26-23)9-6-8-21(28)24-15-19-10-12-20(13-11-19)16-27-14-5-4-7-18(27)3/h10-13,17-18H,4-9,14-16H2,1-3H3,(H,24,28)/t18-/m1/s1. The third-order valence-electron chi connectivity index (χ3n) is 5.63. The number of amides is 1. The number of piperidine rings is 1. The molecular formula is C23H34N4O2. The van der Waals surface area contributed by atoms with Crippen molar-refractivity contribution < 1.29 is 9.32 Å². The van der Waals surface area contributed by atoms with Crippen molar-refractivity contribution in [3.05, 3.63) is 47.1 Å². The van der Waals surface area contributed by atoms with E-state index in [9.17, 15) is 4.79 Å². The minimum Gasteiger partial charge on any atom is -0.352 e. The van der Waals surface area contributed by atoms with Crippen molar-refractivity contribution in [2.75, 3.05) is 6.54 Å². The molecule has 1 fully saturated rings. The summed E-state index contributed by atoms with van der Waals surface area (Å²) in [5, 5.41) is 6.95. The summed E-state index contributed by atoms with van der Waals surface area (Å²) < 4.78 is 5.21. The van der Waals surface area contributed by atoms with Crippen molar-refractivity contribution in [2.24, 2.45) is 0 Å². The van der Waals surface area contributed by atoms with Crippen LogP contribution in [0.25, 0.3) is 0 Å². The van der Waals surface area contributed by atoms with Gasteiger partial charge in [-0.2, -0.15) is 4.98 Å². The van der Waals surface area contributed by atoms with E-state index in [4.69, 9.17) is 4.52 Å². The maximum Gasteiger partial charge on any atom is 0.226 e. The zero-order valence-corrected chi connectivity index (χ0v) is 18.0. The molecule has 1 amide bonds. The molecule has 0 bridgehead atoms. The molecule has 6 nitrogen and oxygen atoms in total. The Morgan fingerprint density at radius 3 is 2.69 bits per heavy atom. The molecule has 1 atom stereocenters. The number of carbonyl (C=O) groups is 1. The molecule has 1 aromatic heterocycles. The van der Waals surface area contributed by atoms with Gasteiger partial charge in [0, 0.05) is 37.9 Å². The van der Waals surface area contributed by atoms with Crippen molar-refractivity contribution in [1.82, 2.24) is 20.4 Å². The first kappa shape index (κ1) is 21.5. The predicted molar refractivity (Wildman–Crippen MR) is 113 cm³/mol. The second-order valence-electron chi connectivity index (χ2n) is 8.46. The number of aromatic nitrogens is 2. The van der Waals surface area contributed by atoms with E-state index >= 15 is 0 Å². The van der Waals surface area contributed by atoms with Gasteiger partial charge in [-0.15, -0.1) is 0 Å². The van der Waals surface area contributed by atoms with Gasteiger partial charge in [0.05, 0.1) is 0 Å². The zero-order chi connectivity index (χ0) is 20.6. The Morgan fingerprint density at radius 1 is 1.24 bits per heavy atom. The molecule has 158 valence electrons. The number of nitrogens with one attached hydrogen (secondary N) is 1. The van der Waals surface area contributed by atoms with Crippen molar-refractivity contribution >= 4 is 5.91 Å². The maximum absolute atomic E-state index is 12.1. The maximum atomic E-state index is 12.1. The lowest BCUT2D eigenvalue weighted by molar-refractivity contribution is -0.121. The summed E-state index contributed by atoms with van der Waals surface area (Å²) in [4.78, 5) is 19.0. The minimum atomic E-state index is 0.0554. The highest BCUT2D eigenvalue weighted by Gasteiger charge is 2.18. The topological polar surface area (TPSA) is 71.3 Å². The molecule has 6 heteroatoms. The molecular weight excluding hydrogens is 364 g/mol. The van der Waals surface area contributed by atoms with Crippen LogP contribution in [0.5, 0.6) is 0 Å². The Labute approximate surface area is 174 Å². The lowest BCUT2D eigenvalue weighted by Gasteiger charge is -2.33. The van der Waals surface area contributed by atoms with E-state index in [1.165, 1.54) is 31.4 Å². The number of carbonyl (C=O) groups excluding carboxylic acids is 1. The first-order valence-corrected chi connectivity index (χ1v) is 10.9. The Hall–Kier alpha value is -2.21. The van der Waals surface area contributed by atoms with Crippen molar-refractivity contribution in [1.29, 1.82) is 0 Å². The Kier molecular flexibility index (Phi) is 7.81. The van der Waals surface area contributed by atoms with Crippen LogP contribution >= 0.6 is 0 Å². The van der Waals surface area contributed by atoms with E-state index in [1.807, 2.05) is 13.8 Å². The van der Waals surface area contributed by atoms with Crippen LogP contribution in [-0.4, -0.2) is 33.5 Å². The van der Waals surface area contributed by atoms with Crippen LogP contribution in [-0.2, 0) is 24.3 Å². The Balaban J connectivity index is 1.36. The van der Waals surface area contributed by atoms with Crippen LogP contribution in [0, 0.1) is 0 Å². The zero-order valence-electron chi connectivity index (χ0n) is 18.0. The molecule has 0 radical (unpaired) electrons. The van der Waals surface area contributed by atoms with Crippen molar-refractivity contribution in [3.8, 4) is 0 Å². The van der Waals surface area contributed by atoms with Gasteiger partial charge in [-0.1, -0.05) is 49.7 Å². The predicted octanol–water partition coefficient (Wildman–Crippen LogP) is 4.21. The largest absolute Gasteiger partial charge is 0.352 e. The van der Waals surface area contributed by atoms with Gasteiger partial charge >= 0.3 is 0 Å². The molecule has 1 N–H and O–H groups in total. The summed E-state index contributed by atoms with van der Waals surface area (Å²) in [6.07, 6.45) is 5.76. The van der Waals surface area contributed by atoms with Gasteiger partial charge in [0.2, 0.25) is 11.8 Å². The Bertz CT molecular complexity index is 769. The van der Waals surface area contributed by atoms with Gasteiger partial charge in [0.1, 0.15) is 0 Å². The van der Waals surface area contributed by atoms with Gasteiger partial charge in [-0.3, -0.25) is 9.69 Å². The molecule has 1 saturated heterocycles. The summed E-state index contributed by atoms with van der Waals surface area (Å²) in [6.45, 7) is 9.16. The van der Waals surface area contributed by atoms with E-state index in [1.54, 1.807) is 0 Å². The van der Waals surface area contributed by atoms with E-state index < -0.39 is 0 Å². The van der Waals surface area contributed by atoms with Gasteiger partial charge in [-0.05, 0) is 43.9 Å².